The largest absolute Gasteiger partial charge is 0.481 e. The van der Waals surface area contributed by atoms with Crippen molar-refractivity contribution >= 4 is 27.7 Å². The van der Waals surface area contributed by atoms with Crippen LogP contribution in [0.1, 0.15) is 6.42 Å². The van der Waals surface area contributed by atoms with Crippen LogP contribution in [0.25, 0.3) is 0 Å². The van der Waals surface area contributed by atoms with E-state index < -0.39 is 16.0 Å². The average molecular weight is 313 g/mol. The molecule has 0 bridgehead atoms. The van der Waals surface area contributed by atoms with Gasteiger partial charge in [0.25, 0.3) is 15.9 Å². The van der Waals surface area contributed by atoms with Crippen molar-refractivity contribution in [3.63, 3.8) is 0 Å². The Hall–Kier alpha value is -2.16. The number of likely N-dealkylation sites (N-methyl/N-ethyl adjacent to an activating group) is 1. The summed E-state index contributed by atoms with van der Waals surface area (Å²) in [5, 5.41) is 8.61. The molecular weight excluding hydrogens is 298 g/mol. The smallest absolute Gasteiger partial charge is 0.305 e. The molecule has 0 spiro atoms. The van der Waals surface area contributed by atoms with Gasteiger partial charge in [-0.25, -0.2) is 8.42 Å². The third-order valence-electron chi connectivity index (χ3n) is 3.08. The van der Waals surface area contributed by atoms with Crippen LogP contribution in [-0.4, -0.2) is 66.9 Å². The number of hydrogen-bond acceptors (Lipinski definition) is 5. The molecule has 0 saturated carbocycles. The molecular formula is C12H15N3O5S. The average Bonchev–Trinajstić information content (AvgIpc) is 2.42. The molecule has 0 saturated heterocycles. The number of amidine groups is 1. The van der Waals surface area contributed by atoms with Gasteiger partial charge in [-0.15, -0.1) is 4.40 Å². The second-order valence-corrected chi connectivity index (χ2v) is 6.47. The van der Waals surface area contributed by atoms with Gasteiger partial charge in [-0.3, -0.25) is 9.59 Å². The molecule has 0 fully saturated rings. The second-order valence-electron chi connectivity index (χ2n) is 4.72. The SMILES string of the molecule is CN(CCC(=O)O)C(=O)C1=CN2CCS(=O)(=O)N=C2C=C1. The third-order valence-corrected chi connectivity index (χ3v) is 4.24. The summed E-state index contributed by atoms with van der Waals surface area (Å²) in [7, 11) is -1.90. The fraction of sp³-hybridized carbons (Fsp3) is 0.417. The highest BCUT2D eigenvalue weighted by molar-refractivity contribution is 7.90. The van der Waals surface area contributed by atoms with E-state index >= 15 is 0 Å². The molecule has 0 aromatic rings. The van der Waals surface area contributed by atoms with Gasteiger partial charge in [0.1, 0.15) is 5.84 Å². The van der Waals surface area contributed by atoms with Crippen LogP contribution < -0.4 is 0 Å². The fourth-order valence-electron chi connectivity index (χ4n) is 1.91. The highest BCUT2D eigenvalue weighted by Gasteiger charge is 2.25. The van der Waals surface area contributed by atoms with Crippen LogP contribution in [0.3, 0.4) is 0 Å². The summed E-state index contributed by atoms with van der Waals surface area (Å²) < 4.78 is 26.4. The van der Waals surface area contributed by atoms with Gasteiger partial charge in [0.2, 0.25) is 0 Å². The molecule has 0 aromatic heterocycles. The van der Waals surface area contributed by atoms with E-state index in [0.717, 1.165) is 0 Å². The first-order chi connectivity index (χ1) is 9.78. The van der Waals surface area contributed by atoms with Crippen LogP contribution in [-0.2, 0) is 19.6 Å². The highest BCUT2D eigenvalue weighted by Crippen LogP contribution is 2.17. The Bertz CT molecular complexity index is 662. The summed E-state index contributed by atoms with van der Waals surface area (Å²) in [6.45, 7) is 0.343. The minimum Gasteiger partial charge on any atom is -0.481 e. The lowest BCUT2D eigenvalue weighted by molar-refractivity contribution is -0.137. The van der Waals surface area contributed by atoms with Crippen LogP contribution in [0.5, 0.6) is 0 Å². The van der Waals surface area contributed by atoms with Crippen LogP contribution in [0.2, 0.25) is 0 Å². The Morgan fingerprint density at radius 3 is 2.81 bits per heavy atom. The molecule has 1 amide bonds. The summed E-state index contributed by atoms with van der Waals surface area (Å²) in [4.78, 5) is 25.6. The van der Waals surface area contributed by atoms with E-state index in [0.29, 0.717) is 5.57 Å². The molecule has 8 nitrogen and oxygen atoms in total. The number of hydrogen-bond donors (Lipinski definition) is 1. The lowest BCUT2D eigenvalue weighted by Crippen LogP contribution is -2.38. The number of carbonyl (C=O) groups excluding carboxylic acids is 1. The number of rotatable bonds is 4. The number of nitrogens with zero attached hydrogens (tertiary/aromatic N) is 3. The number of aliphatic carboxylic acids is 1. The predicted molar refractivity (Wildman–Crippen MR) is 75.0 cm³/mol. The Morgan fingerprint density at radius 1 is 1.43 bits per heavy atom. The molecule has 0 atom stereocenters. The lowest BCUT2D eigenvalue weighted by atomic mass is 10.1. The molecule has 9 heteroatoms. The summed E-state index contributed by atoms with van der Waals surface area (Å²) in [5.74, 6) is -1.11. The van der Waals surface area contributed by atoms with Gasteiger partial charge in [-0.1, -0.05) is 0 Å². The molecule has 114 valence electrons. The number of fused-ring (bicyclic) bond motifs is 1. The minimum atomic E-state index is -3.42. The Kier molecular flexibility index (Phi) is 4.12. The monoisotopic (exact) mass is 313 g/mol. The Labute approximate surface area is 122 Å². The standard InChI is InChI=1S/C12H15N3O5S/c1-14(5-4-11(16)17)12(18)9-2-3-10-13-21(19,20)7-6-15(10)8-9/h2-3,8H,4-7H2,1H3,(H,16,17). The molecule has 0 radical (unpaired) electrons. The van der Waals surface area contributed by atoms with Crippen molar-refractivity contribution in [3.8, 4) is 0 Å². The number of carboxylic acids is 1. The molecule has 1 N–H and O–H groups in total. The molecule has 0 unspecified atom stereocenters. The number of amides is 1. The quantitative estimate of drug-likeness (QED) is 0.744. The number of sulfonamides is 1. The number of carboxylic acid groups (broad SMARTS) is 1. The zero-order valence-electron chi connectivity index (χ0n) is 11.4. The van der Waals surface area contributed by atoms with E-state index in [-0.39, 0.29) is 37.0 Å². The zero-order valence-corrected chi connectivity index (χ0v) is 12.2. The van der Waals surface area contributed by atoms with Crippen molar-refractivity contribution in [1.29, 1.82) is 0 Å². The van der Waals surface area contributed by atoms with Crippen molar-refractivity contribution in [2.75, 3.05) is 25.9 Å². The normalized spacial score (nSPS) is 19.4. The number of carbonyl (C=O) groups is 2. The predicted octanol–water partition coefficient (Wildman–Crippen LogP) is -0.583. The molecule has 0 aliphatic carbocycles. The minimum absolute atomic E-state index is 0.100. The first kappa shape index (κ1) is 15.2. The maximum Gasteiger partial charge on any atom is 0.305 e. The first-order valence-electron chi connectivity index (χ1n) is 6.25. The first-order valence-corrected chi connectivity index (χ1v) is 7.86. The molecule has 2 aliphatic rings. The molecule has 21 heavy (non-hydrogen) atoms. The van der Waals surface area contributed by atoms with Gasteiger partial charge < -0.3 is 14.9 Å². The van der Waals surface area contributed by atoms with Gasteiger partial charge in [0, 0.05) is 26.3 Å². The van der Waals surface area contributed by atoms with E-state index in [2.05, 4.69) is 4.40 Å². The van der Waals surface area contributed by atoms with Crippen LogP contribution in [0.4, 0.5) is 0 Å². The summed E-state index contributed by atoms with van der Waals surface area (Å²) >= 11 is 0. The molecule has 2 aliphatic heterocycles. The van der Waals surface area contributed by atoms with E-state index in [1.54, 1.807) is 4.90 Å². The van der Waals surface area contributed by atoms with Crippen molar-refractivity contribution < 1.29 is 23.1 Å². The lowest BCUT2D eigenvalue weighted by Gasteiger charge is -2.28. The van der Waals surface area contributed by atoms with Crippen molar-refractivity contribution in [1.82, 2.24) is 9.80 Å². The highest BCUT2D eigenvalue weighted by atomic mass is 32.2. The van der Waals surface area contributed by atoms with E-state index in [1.807, 2.05) is 0 Å². The van der Waals surface area contributed by atoms with Crippen LogP contribution >= 0.6 is 0 Å². The maximum atomic E-state index is 12.1. The van der Waals surface area contributed by atoms with Gasteiger partial charge in [0.15, 0.2) is 0 Å². The fourth-order valence-corrected chi connectivity index (χ4v) is 2.88. The van der Waals surface area contributed by atoms with Crippen molar-refractivity contribution in [2.45, 2.75) is 6.42 Å². The molecule has 0 aromatic carbocycles. The van der Waals surface area contributed by atoms with E-state index in [1.165, 1.54) is 30.3 Å². The Morgan fingerprint density at radius 2 is 2.14 bits per heavy atom. The van der Waals surface area contributed by atoms with Crippen molar-refractivity contribution in [2.24, 2.45) is 4.40 Å². The second kappa shape index (κ2) is 5.68. The van der Waals surface area contributed by atoms with Crippen LogP contribution in [0.15, 0.2) is 28.3 Å². The summed E-state index contributed by atoms with van der Waals surface area (Å²) in [6.07, 6.45) is 4.35. The van der Waals surface area contributed by atoms with Gasteiger partial charge >= 0.3 is 5.97 Å². The van der Waals surface area contributed by atoms with E-state index in [4.69, 9.17) is 5.11 Å². The van der Waals surface area contributed by atoms with Gasteiger partial charge in [-0.2, -0.15) is 0 Å². The molecule has 2 rings (SSSR count). The van der Waals surface area contributed by atoms with Crippen LogP contribution in [0, 0.1) is 0 Å². The van der Waals surface area contributed by atoms with Crippen molar-refractivity contribution in [3.05, 3.63) is 23.9 Å². The molecule has 2 heterocycles. The summed E-state index contributed by atoms with van der Waals surface area (Å²) in [5.41, 5.74) is 0.362. The third kappa shape index (κ3) is 3.69. The van der Waals surface area contributed by atoms with E-state index in [9.17, 15) is 18.0 Å². The summed E-state index contributed by atoms with van der Waals surface area (Å²) in [6, 6.07) is 0. The Balaban J connectivity index is 2.10. The zero-order chi connectivity index (χ0) is 15.6. The topological polar surface area (TPSA) is 107 Å². The van der Waals surface area contributed by atoms with Gasteiger partial charge in [0.05, 0.1) is 17.7 Å². The van der Waals surface area contributed by atoms with Gasteiger partial charge in [-0.05, 0) is 12.2 Å². The maximum absolute atomic E-state index is 12.1.